The van der Waals surface area contributed by atoms with Crippen LogP contribution >= 0.6 is 11.3 Å². The number of fused-ring (bicyclic) bond motifs is 1. The fourth-order valence-corrected chi connectivity index (χ4v) is 5.39. The molecule has 6 nitrogen and oxygen atoms in total. The average Bonchev–Trinajstić information content (AvgIpc) is 3.34. The Morgan fingerprint density at radius 2 is 2.00 bits per heavy atom. The highest BCUT2D eigenvalue weighted by molar-refractivity contribution is 7.17. The van der Waals surface area contributed by atoms with E-state index in [4.69, 9.17) is 10.5 Å². The van der Waals surface area contributed by atoms with Crippen LogP contribution in [-0.4, -0.2) is 21.3 Å². The van der Waals surface area contributed by atoms with Gasteiger partial charge in [-0.3, -0.25) is 4.98 Å². The van der Waals surface area contributed by atoms with Crippen molar-refractivity contribution in [3.8, 4) is 26.9 Å². The van der Waals surface area contributed by atoms with Gasteiger partial charge >= 0.3 is 0 Å². The number of nitrogens with zero attached hydrogens (tertiary/aromatic N) is 3. The number of nitrogens with one attached hydrogen (secondary N) is 1. The van der Waals surface area contributed by atoms with Crippen molar-refractivity contribution in [1.82, 2.24) is 20.5 Å². The SMILES string of the molecule is CC(C)Oc1ccc(-c2nnc(-c3cccc4c3CCC[C@H]4NCc3cccnc3)s2)cc1N. The largest absolute Gasteiger partial charge is 0.489 e. The third-order valence-electron chi connectivity index (χ3n) is 6.06. The second-order valence-corrected chi connectivity index (χ2v) is 9.87. The van der Waals surface area contributed by atoms with Gasteiger partial charge in [0.05, 0.1) is 11.8 Å². The molecule has 1 atom stereocenters. The number of nitrogens with two attached hydrogens (primary N) is 1. The van der Waals surface area contributed by atoms with E-state index in [9.17, 15) is 0 Å². The van der Waals surface area contributed by atoms with E-state index in [-0.39, 0.29) is 6.10 Å². The first-order valence-corrected chi connectivity index (χ1v) is 12.5. The van der Waals surface area contributed by atoms with Gasteiger partial charge in [0, 0.05) is 36.1 Å². The van der Waals surface area contributed by atoms with Crippen molar-refractivity contribution in [2.24, 2.45) is 0 Å². The van der Waals surface area contributed by atoms with Crippen LogP contribution in [0.25, 0.3) is 21.1 Å². The molecule has 4 aromatic rings. The first kappa shape index (κ1) is 22.5. The van der Waals surface area contributed by atoms with Gasteiger partial charge in [0.15, 0.2) is 0 Å². The Hall–Kier alpha value is -3.29. The number of aromatic nitrogens is 3. The lowest BCUT2D eigenvalue weighted by Crippen LogP contribution is -2.25. The minimum absolute atomic E-state index is 0.0771. The first-order valence-electron chi connectivity index (χ1n) is 11.7. The molecular formula is C27H29N5OS. The van der Waals surface area contributed by atoms with Crippen LogP contribution < -0.4 is 15.8 Å². The maximum absolute atomic E-state index is 6.22. The number of rotatable bonds is 7. The van der Waals surface area contributed by atoms with Crippen LogP contribution in [0.2, 0.25) is 0 Å². The van der Waals surface area contributed by atoms with Crippen molar-refractivity contribution in [2.75, 3.05) is 5.73 Å². The lowest BCUT2D eigenvalue weighted by atomic mass is 9.85. The average molecular weight is 472 g/mol. The maximum Gasteiger partial charge on any atom is 0.148 e. The summed E-state index contributed by atoms with van der Waals surface area (Å²) >= 11 is 1.60. The summed E-state index contributed by atoms with van der Waals surface area (Å²) in [6.45, 7) is 4.79. The van der Waals surface area contributed by atoms with Gasteiger partial charge in [-0.2, -0.15) is 0 Å². The van der Waals surface area contributed by atoms with Gasteiger partial charge in [-0.15, -0.1) is 10.2 Å². The topological polar surface area (TPSA) is 86.0 Å². The second-order valence-electron chi connectivity index (χ2n) is 8.89. The Bertz CT molecular complexity index is 1270. The van der Waals surface area contributed by atoms with E-state index in [2.05, 4.69) is 44.8 Å². The van der Waals surface area contributed by atoms with Crippen LogP contribution in [0.1, 0.15) is 49.4 Å². The lowest BCUT2D eigenvalue weighted by Gasteiger charge is -2.28. The molecule has 0 spiro atoms. The summed E-state index contributed by atoms with van der Waals surface area (Å²) < 4.78 is 5.76. The molecule has 174 valence electrons. The number of ether oxygens (including phenoxy) is 1. The van der Waals surface area contributed by atoms with Crippen molar-refractivity contribution >= 4 is 17.0 Å². The van der Waals surface area contributed by atoms with Crippen LogP contribution in [0, 0.1) is 0 Å². The zero-order valence-corrected chi connectivity index (χ0v) is 20.3. The molecule has 0 bridgehead atoms. The second kappa shape index (κ2) is 9.91. The van der Waals surface area contributed by atoms with Crippen LogP contribution in [0.15, 0.2) is 60.9 Å². The Morgan fingerprint density at radius 3 is 2.79 bits per heavy atom. The molecule has 2 heterocycles. The van der Waals surface area contributed by atoms with Gasteiger partial charge in [-0.1, -0.05) is 35.6 Å². The van der Waals surface area contributed by atoms with Crippen molar-refractivity contribution in [2.45, 2.75) is 51.8 Å². The highest BCUT2D eigenvalue weighted by Crippen LogP contribution is 2.39. The summed E-state index contributed by atoms with van der Waals surface area (Å²) in [6.07, 6.45) is 7.14. The van der Waals surface area contributed by atoms with E-state index in [1.807, 2.05) is 50.5 Å². The third kappa shape index (κ3) is 4.81. The molecule has 3 N–H and O–H groups in total. The normalized spacial score (nSPS) is 15.3. The van der Waals surface area contributed by atoms with Gasteiger partial charge in [0.1, 0.15) is 15.8 Å². The molecule has 1 aliphatic carbocycles. The van der Waals surface area contributed by atoms with Gasteiger partial charge < -0.3 is 15.8 Å². The maximum atomic E-state index is 6.22. The van der Waals surface area contributed by atoms with Crippen LogP contribution in [0.3, 0.4) is 0 Å². The molecule has 2 aromatic carbocycles. The van der Waals surface area contributed by atoms with Gasteiger partial charge in [-0.05, 0) is 74.1 Å². The Labute approximate surface area is 204 Å². The molecule has 0 unspecified atom stereocenters. The number of benzene rings is 2. The van der Waals surface area contributed by atoms with Crippen molar-refractivity contribution in [3.05, 3.63) is 77.6 Å². The van der Waals surface area contributed by atoms with Crippen molar-refractivity contribution < 1.29 is 4.74 Å². The first-order chi connectivity index (χ1) is 16.6. The number of hydrogen-bond donors (Lipinski definition) is 2. The monoisotopic (exact) mass is 471 g/mol. The molecular weight excluding hydrogens is 442 g/mol. The van der Waals surface area contributed by atoms with Crippen molar-refractivity contribution in [1.29, 1.82) is 0 Å². The molecule has 5 rings (SSSR count). The predicted molar refractivity (Wildman–Crippen MR) is 138 cm³/mol. The number of anilines is 1. The molecule has 0 aliphatic heterocycles. The summed E-state index contributed by atoms with van der Waals surface area (Å²) in [7, 11) is 0. The summed E-state index contributed by atoms with van der Waals surface area (Å²) in [6, 6.07) is 16.8. The predicted octanol–water partition coefficient (Wildman–Crippen LogP) is 5.80. The fraction of sp³-hybridized carbons (Fsp3) is 0.296. The molecule has 34 heavy (non-hydrogen) atoms. The standard InChI is InChI=1S/C27H29N5OS/c1-17(2)33-25-12-11-19(14-23(25)28)26-31-32-27(34-26)22-9-3-8-21-20(22)7-4-10-24(21)30-16-18-6-5-13-29-15-18/h3,5-6,8-9,11-15,17,24,30H,4,7,10,16,28H2,1-2H3/t24-/m1/s1. The summed E-state index contributed by atoms with van der Waals surface area (Å²) in [5.41, 5.74) is 12.9. The zero-order chi connectivity index (χ0) is 23.5. The summed E-state index contributed by atoms with van der Waals surface area (Å²) in [5.74, 6) is 0.699. The molecule has 0 saturated carbocycles. The smallest absolute Gasteiger partial charge is 0.148 e. The van der Waals surface area contributed by atoms with E-state index in [0.717, 1.165) is 41.4 Å². The van der Waals surface area contributed by atoms with E-state index < -0.39 is 0 Å². The fourth-order valence-electron chi connectivity index (χ4n) is 4.50. The molecule has 0 fully saturated rings. The molecule has 0 radical (unpaired) electrons. The Morgan fingerprint density at radius 1 is 1.12 bits per heavy atom. The van der Waals surface area contributed by atoms with Gasteiger partial charge in [0.2, 0.25) is 0 Å². The van der Waals surface area contributed by atoms with Crippen LogP contribution in [-0.2, 0) is 13.0 Å². The van der Waals surface area contributed by atoms with Gasteiger partial charge in [0.25, 0.3) is 0 Å². The van der Waals surface area contributed by atoms with Crippen LogP contribution in [0.4, 0.5) is 5.69 Å². The lowest BCUT2D eigenvalue weighted by molar-refractivity contribution is 0.244. The number of pyridine rings is 1. The van der Waals surface area contributed by atoms with E-state index in [1.165, 1.54) is 22.3 Å². The van der Waals surface area contributed by atoms with E-state index in [1.54, 1.807) is 11.3 Å². The van der Waals surface area contributed by atoms with E-state index >= 15 is 0 Å². The Balaban J connectivity index is 1.39. The van der Waals surface area contributed by atoms with E-state index in [0.29, 0.717) is 17.5 Å². The summed E-state index contributed by atoms with van der Waals surface area (Å²) in [4.78, 5) is 4.23. The van der Waals surface area contributed by atoms with Crippen molar-refractivity contribution in [3.63, 3.8) is 0 Å². The van der Waals surface area contributed by atoms with Gasteiger partial charge in [-0.25, -0.2) is 0 Å². The minimum atomic E-state index is 0.0771. The molecule has 0 amide bonds. The molecule has 7 heteroatoms. The highest BCUT2D eigenvalue weighted by atomic mass is 32.1. The number of hydrogen-bond acceptors (Lipinski definition) is 7. The minimum Gasteiger partial charge on any atom is -0.489 e. The van der Waals surface area contributed by atoms with Crippen LogP contribution in [0.5, 0.6) is 5.75 Å². The Kier molecular flexibility index (Phi) is 6.56. The molecule has 1 aliphatic rings. The quantitative estimate of drug-likeness (QED) is 0.331. The molecule has 2 aromatic heterocycles. The zero-order valence-electron chi connectivity index (χ0n) is 19.5. The highest BCUT2D eigenvalue weighted by Gasteiger charge is 2.24. The molecule has 0 saturated heterocycles. The number of nitrogen functional groups attached to an aromatic ring is 1. The third-order valence-corrected chi connectivity index (χ3v) is 7.06. The summed E-state index contributed by atoms with van der Waals surface area (Å²) in [5, 5.41) is 14.6.